The van der Waals surface area contributed by atoms with Gasteiger partial charge < -0.3 is 26.2 Å². The van der Waals surface area contributed by atoms with Crippen LogP contribution in [0.25, 0.3) is 0 Å². The second-order valence-electron chi connectivity index (χ2n) is 13.3. The predicted molar refractivity (Wildman–Crippen MR) is 160 cm³/mol. The van der Waals surface area contributed by atoms with Gasteiger partial charge >= 0.3 is 0 Å². The molecule has 1 aromatic heterocycles. The Morgan fingerprint density at radius 1 is 1.00 bits per heavy atom. The third-order valence-electron chi connectivity index (χ3n) is 8.73. The van der Waals surface area contributed by atoms with Gasteiger partial charge in [-0.3, -0.25) is 33.8 Å². The molecule has 5 amide bonds. The maximum absolute atomic E-state index is 14.2. The van der Waals surface area contributed by atoms with Gasteiger partial charge in [0, 0.05) is 25.0 Å². The first-order chi connectivity index (χ1) is 20.8. The van der Waals surface area contributed by atoms with Crippen LogP contribution >= 0.6 is 0 Å². The molecule has 240 valence electrons. The Labute approximate surface area is 258 Å². The number of nitrogens with one attached hydrogen (secondary N) is 4. The van der Waals surface area contributed by atoms with E-state index in [1.165, 1.54) is 25.5 Å². The summed E-state index contributed by atoms with van der Waals surface area (Å²) in [6.45, 7) is 9.19. The van der Waals surface area contributed by atoms with Gasteiger partial charge in [-0.25, -0.2) is 4.98 Å². The van der Waals surface area contributed by atoms with Gasteiger partial charge in [0.15, 0.2) is 0 Å². The first kappa shape index (κ1) is 33.0. The molecule has 2 heterocycles. The van der Waals surface area contributed by atoms with E-state index in [0.717, 1.165) is 32.1 Å². The number of rotatable bonds is 12. The lowest BCUT2D eigenvalue weighted by Crippen LogP contribution is -2.61. The number of carbonyl (C=O) groups excluding carboxylic acids is 6. The zero-order valence-electron chi connectivity index (χ0n) is 26.2. The van der Waals surface area contributed by atoms with Crippen molar-refractivity contribution in [1.82, 2.24) is 36.1 Å². The summed E-state index contributed by atoms with van der Waals surface area (Å²) in [7, 11) is 0. The van der Waals surface area contributed by atoms with Crippen molar-refractivity contribution < 1.29 is 28.8 Å². The van der Waals surface area contributed by atoms with Crippen LogP contribution in [0.3, 0.4) is 0 Å². The fourth-order valence-corrected chi connectivity index (χ4v) is 6.16. The van der Waals surface area contributed by atoms with Gasteiger partial charge in [0.05, 0.1) is 12.2 Å². The summed E-state index contributed by atoms with van der Waals surface area (Å²) in [5, 5.41) is 10.9. The van der Waals surface area contributed by atoms with Crippen molar-refractivity contribution in [3.8, 4) is 0 Å². The summed E-state index contributed by atoms with van der Waals surface area (Å²) in [6.07, 6.45) is 9.22. The lowest BCUT2D eigenvalue weighted by molar-refractivity contribution is -0.146. The zero-order chi connectivity index (χ0) is 32.2. The monoisotopic (exact) mass is 611 g/mol. The fraction of sp³-hybridized carbons (Fsp3) is 0.677. The Kier molecular flexibility index (Phi) is 10.4. The molecular weight excluding hydrogens is 566 g/mol. The van der Waals surface area contributed by atoms with E-state index < -0.39 is 64.9 Å². The first-order valence-corrected chi connectivity index (χ1v) is 15.6. The minimum absolute atomic E-state index is 0.0132. The number of carbonyl (C=O) groups is 6. The Bertz CT molecular complexity index is 1260. The highest BCUT2D eigenvalue weighted by molar-refractivity contribution is 6.38. The summed E-state index contributed by atoms with van der Waals surface area (Å²) < 4.78 is 0. The summed E-state index contributed by atoms with van der Waals surface area (Å²) >= 11 is 0. The maximum Gasteiger partial charge on any atom is 0.289 e. The van der Waals surface area contributed by atoms with Gasteiger partial charge in [-0.1, -0.05) is 40.5 Å². The molecule has 13 nitrogen and oxygen atoms in total. The number of aromatic nitrogens is 2. The Morgan fingerprint density at radius 3 is 2.34 bits per heavy atom. The van der Waals surface area contributed by atoms with Crippen LogP contribution in [0.5, 0.6) is 0 Å². The van der Waals surface area contributed by atoms with Crippen LogP contribution in [0.2, 0.25) is 0 Å². The number of hydrogen-bond donors (Lipinski definition) is 4. The van der Waals surface area contributed by atoms with E-state index in [2.05, 4.69) is 31.2 Å². The van der Waals surface area contributed by atoms with Crippen molar-refractivity contribution in [2.24, 2.45) is 17.3 Å². The zero-order valence-corrected chi connectivity index (χ0v) is 26.2. The van der Waals surface area contributed by atoms with Crippen LogP contribution in [0.15, 0.2) is 18.6 Å². The quantitative estimate of drug-likeness (QED) is 0.252. The van der Waals surface area contributed by atoms with Gasteiger partial charge in [-0.15, -0.1) is 0 Å². The van der Waals surface area contributed by atoms with Crippen LogP contribution in [0, 0.1) is 17.3 Å². The molecule has 44 heavy (non-hydrogen) atoms. The van der Waals surface area contributed by atoms with Gasteiger partial charge in [-0.2, -0.15) is 0 Å². The summed E-state index contributed by atoms with van der Waals surface area (Å²) in [6, 6.07) is -3.79. The second-order valence-corrected chi connectivity index (χ2v) is 13.3. The van der Waals surface area contributed by atoms with Gasteiger partial charge in [0.1, 0.15) is 23.8 Å². The van der Waals surface area contributed by atoms with Gasteiger partial charge in [-0.05, 0) is 56.3 Å². The molecule has 6 atom stereocenters. The molecule has 1 saturated heterocycles. The molecule has 0 bridgehead atoms. The third kappa shape index (κ3) is 7.78. The summed E-state index contributed by atoms with van der Waals surface area (Å²) in [5.41, 5.74) is -0.681. The maximum atomic E-state index is 14.2. The molecule has 3 fully saturated rings. The standard InChI is InChI=1S/C31H45N7O6/c1-6-8-21(24(39)29(43)35-19-11-12-19)36-28(42)23-20-10-7-9-18(20)16-38(23)30(44)25(31(3,4)5)37-26(40)17(2)34-27(41)22-15-32-13-14-33-22/h13-15,17-21,23,25H,6-12,16H2,1-5H3,(H,34,41)(H,35,43)(H,36,42)(H,37,40)/t17-,18-,20-,21-,23-,25+/m0/s1. The molecule has 0 radical (unpaired) electrons. The van der Waals surface area contributed by atoms with Gasteiger partial charge in [0.25, 0.3) is 11.8 Å². The van der Waals surface area contributed by atoms with Crippen molar-refractivity contribution in [2.45, 2.75) is 110 Å². The molecule has 1 aliphatic heterocycles. The Hall–Kier alpha value is -3.90. The van der Waals surface area contributed by atoms with E-state index in [1.54, 1.807) is 4.90 Å². The summed E-state index contributed by atoms with van der Waals surface area (Å²) in [4.78, 5) is 88.7. The minimum atomic E-state index is -1.00. The highest BCUT2D eigenvalue weighted by Gasteiger charge is 2.52. The topological polar surface area (TPSA) is 180 Å². The molecule has 4 N–H and O–H groups in total. The van der Waals surface area contributed by atoms with Crippen LogP contribution in [-0.2, 0) is 24.0 Å². The van der Waals surface area contributed by atoms with Crippen LogP contribution in [0.4, 0.5) is 0 Å². The van der Waals surface area contributed by atoms with Crippen molar-refractivity contribution in [1.29, 1.82) is 0 Å². The largest absolute Gasteiger partial charge is 0.347 e. The molecule has 2 aliphatic carbocycles. The van der Waals surface area contributed by atoms with Crippen LogP contribution in [0.1, 0.15) is 90.1 Å². The number of ketones is 1. The Morgan fingerprint density at radius 2 is 1.73 bits per heavy atom. The minimum Gasteiger partial charge on any atom is -0.347 e. The second kappa shape index (κ2) is 13.8. The molecule has 0 spiro atoms. The SMILES string of the molecule is CCC[C@H](NC(=O)[C@@H]1[C@H]2CCC[C@H]2CN1C(=O)[C@@H](NC(=O)[C@H](C)NC(=O)c1cnccn1)C(C)(C)C)C(=O)C(=O)NC1CC1. The number of nitrogens with zero attached hydrogens (tertiary/aromatic N) is 3. The molecule has 13 heteroatoms. The first-order valence-electron chi connectivity index (χ1n) is 15.6. The molecule has 1 aromatic rings. The number of fused-ring (bicyclic) bond motifs is 1. The third-order valence-corrected chi connectivity index (χ3v) is 8.73. The van der Waals surface area contributed by atoms with Gasteiger partial charge in [0.2, 0.25) is 23.5 Å². The van der Waals surface area contributed by atoms with Crippen molar-refractivity contribution >= 4 is 35.3 Å². The number of Topliss-reactive ketones (excluding diaryl/α,β-unsaturated/α-hetero) is 1. The van der Waals surface area contributed by atoms with E-state index >= 15 is 0 Å². The van der Waals surface area contributed by atoms with E-state index in [-0.39, 0.29) is 23.6 Å². The normalized spacial score (nSPS) is 23.1. The van der Waals surface area contributed by atoms with E-state index in [1.807, 2.05) is 27.7 Å². The smallest absolute Gasteiger partial charge is 0.289 e. The highest BCUT2D eigenvalue weighted by atomic mass is 16.2. The molecule has 0 unspecified atom stereocenters. The lowest BCUT2D eigenvalue weighted by atomic mass is 9.85. The molecule has 0 aromatic carbocycles. The number of likely N-dealkylation sites (tertiary alicyclic amines) is 1. The molecular formula is C31H45N7O6. The predicted octanol–water partition coefficient (Wildman–Crippen LogP) is 0.886. The van der Waals surface area contributed by atoms with E-state index in [9.17, 15) is 28.8 Å². The average molecular weight is 612 g/mol. The summed E-state index contributed by atoms with van der Waals surface area (Å²) in [5.74, 6) is -3.34. The average Bonchev–Trinajstić information content (AvgIpc) is 3.54. The van der Waals surface area contributed by atoms with Crippen LogP contribution < -0.4 is 21.3 Å². The number of hydrogen-bond acceptors (Lipinski definition) is 8. The van der Waals surface area contributed by atoms with Crippen molar-refractivity contribution in [3.05, 3.63) is 24.3 Å². The van der Waals surface area contributed by atoms with Crippen molar-refractivity contribution in [3.63, 3.8) is 0 Å². The fourth-order valence-electron chi connectivity index (χ4n) is 6.16. The van der Waals surface area contributed by atoms with E-state index in [0.29, 0.717) is 19.4 Å². The molecule has 3 aliphatic rings. The lowest BCUT2D eigenvalue weighted by Gasteiger charge is -2.37. The molecule has 4 rings (SSSR count). The highest BCUT2D eigenvalue weighted by Crippen LogP contribution is 2.43. The van der Waals surface area contributed by atoms with E-state index in [4.69, 9.17) is 0 Å². The van der Waals surface area contributed by atoms with Crippen LogP contribution in [-0.4, -0.2) is 86.9 Å². The number of amides is 5. The Balaban J connectivity index is 1.49. The molecule has 2 saturated carbocycles. The van der Waals surface area contributed by atoms with Crippen molar-refractivity contribution in [2.75, 3.05) is 6.54 Å².